The summed E-state index contributed by atoms with van der Waals surface area (Å²) < 4.78 is 0. The number of amidine groups is 1. The molecule has 0 saturated carbocycles. The van der Waals surface area contributed by atoms with Crippen LogP contribution in [0.4, 0.5) is 0 Å². The molecule has 0 aromatic carbocycles. The molecule has 0 bridgehead atoms. The van der Waals surface area contributed by atoms with E-state index in [2.05, 4.69) is 18.2 Å². The molecule has 0 fully saturated rings. The van der Waals surface area contributed by atoms with Gasteiger partial charge in [-0.15, -0.1) is 0 Å². The van der Waals surface area contributed by atoms with Crippen LogP contribution in [0.3, 0.4) is 0 Å². The molecule has 0 atom stereocenters. The molecular formula is C8H12N2. The van der Waals surface area contributed by atoms with E-state index in [-0.39, 0.29) is 0 Å². The molecule has 0 aliphatic rings. The highest BCUT2D eigenvalue weighted by Gasteiger charge is 1.82. The van der Waals surface area contributed by atoms with Crippen LogP contribution in [0.5, 0.6) is 0 Å². The average molecular weight is 136 g/mol. The molecule has 0 aromatic rings. The summed E-state index contributed by atoms with van der Waals surface area (Å²) in [6, 6.07) is 0. The van der Waals surface area contributed by atoms with Crippen molar-refractivity contribution < 1.29 is 0 Å². The molecule has 0 aliphatic heterocycles. The summed E-state index contributed by atoms with van der Waals surface area (Å²) in [4.78, 5) is 3.75. The summed E-state index contributed by atoms with van der Waals surface area (Å²) in [6.07, 6.45) is 4.85. The van der Waals surface area contributed by atoms with Crippen molar-refractivity contribution in [3.63, 3.8) is 0 Å². The van der Waals surface area contributed by atoms with E-state index in [9.17, 15) is 0 Å². The van der Waals surface area contributed by atoms with Crippen LogP contribution < -0.4 is 5.73 Å². The van der Waals surface area contributed by atoms with Crippen molar-refractivity contribution in [3.05, 3.63) is 37.1 Å². The van der Waals surface area contributed by atoms with Crippen LogP contribution in [0.15, 0.2) is 42.1 Å². The van der Waals surface area contributed by atoms with Crippen molar-refractivity contribution in [2.75, 3.05) is 0 Å². The Kier molecular flexibility index (Phi) is 3.96. The van der Waals surface area contributed by atoms with Crippen LogP contribution in [0.25, 0.3) is 0 Å². The van der Waals surface area contributed by atoms with Crippen molar-refractivity contribution >= 4 is 5.84 Å². The number of hydrogen-bond acceptors (Lipinski definition) is 1. The normalized spacial score (nSPS) is 12.9. The van der Waals surface area contributed by atoms with Gasteiger partial charge in [0.2, 0.25) is 0 Å². The number of rotatable bonds is 3. The molecule has 0 rings (SSSR count). The molecule has 2 nitrogen and oxygen atoms in total. The first-order valence-corrected chi connectivity index (χ1v) is 2.95. The molecule has 0 aliphatic carbocycles. The number of hydrogen-bond donors (Lipinski definition) is 1. The first-order chi connectivity index (χ1) is 4.70. The minimum atomic E-state index is 0.451. The minimum Gasteiger partial charge on any atom is -0.384 e. The van der Waals surface area contributed by atoms with Gasteiger partial charge in [0.1, 0.15) is 5.84 Å². The topological polar surface area (TPSA) is 38.4 Å². The van der Waals surface area contributed by atoms with Gasteiger partial charge in [0.05, 0.1) is 0 Å². The third kappa shape index (κ3) is 3.66. The number of aliphatic imine (C=N–C) groups is 1. The van der Waals surface area contributed by atoms with Crippen molar-refractivity contribution in [1.82, 2.24) is 0 Å². The molecule has 10 heavy (non-hydrogen) atoms. The van der Waals surface area contributed by atoms with Crippen LogP contribution in [0, 0.1) is 0 Å². The maximum absolute atomic E-state index is 5.42. The van der Waals surface area contributed by atoms with Crippen molar-refractivity contribution in [2.45, 2.75) is 6.92 Å². The zero-order chi connectivity index (χ0) is 7.98. The fourth-order valence-corrected chi connectivity index (χ4v) is 0.435. The molecule has 0 radical (unpaired) electrons. The lowest BCUT2D eigenvalue weighted by Gasteiger charge is -1.90. The second-order valence-corrected chi connectivity index (χ2v) is 1.83. The van der Waals surface area contributed by atoms with Crippen LogP contribution in [0.2, 0.25) is 0 Å². The molecule has 54 valence electrons. The van der Waals surface area contributed by atoms with Gasteiger partial charge in [0, 0.05) is 6.20 Å². The minimum absolute atomic E-state index is 0.451. The highest BCUT2D eigenvalue weighted by atomic mass is 14.8. The molecule has 0 saturated heterocycles. The maximum Gasteiger partial charge on any atom is 0.123 e. The monoisotopic (exact) mass is 136 g/mol. The van der Waals surface area contributed by atoms with Crippen molar-refractivity contribution in [3.8, 4) is 0 Å². The Hall–Kier alpha value is -1.31. The van der Waals surface area contributed by atoms with Crippen LogP contribution >= 0.6 is 0 Å². The lowest BCUT2D eigenvalue weighted by molar-refractivity contribution is 1.48. The molecule has 2 heteroatoms. The van der Waals surface area contributed by atoms with Gasteiger partial charge in [-0.2, -0.15) is 0 Å². The molecular weight excluding hydrogens is 124 g/mol. The van der Waals surface area contributed by atoms with Gasteiger partial charge in [-0.1, -0.05) is 19.2 Å². The molecule has 0 unspecified atom stereocenters. The molecule has 0 aromatic heterocycles. The van der Waals surface area contributed by atoms with E-state index in [1.54, 1.807) is 12.2 Å². The van der Waals surface area contributed by atoms with E-state index < -0.39 is 0 Å². The largest absolute Gasteiger partial charge is 0.384 e. The Morgan fingerprint density at radius 2 is 2.10 bits per heavy atom. The van der Waals surface area contributed by atoms with E-state index >= 15 is 0 Å². The van der Waals surface area contributed by atoms with Crippen LogP contribution in [-0.2, 0) is 0 Å². The van der Waals surface area contributed by atoms with Gasteiger partial charge in [0.15, 0.2) is 0 Å². The Morgan fingerprint density at radius 3 is 2.50 bits per heavy atom. The van der Waals surface area contributed by atoms with Gasteiger partial charge >= 0.3 is 0 Å². The zero-order valence-electron chi connectivity index (χ0n) is 6.17. The zero-order valence-corrected chi connectivity index (χ0v) is 6.17. The van der Waals surface area contributed by atoms with E-state index in [1.165, 1.54) is 6.20 Å². The summed E-state index contributed by atoms with van der Waals surface area (Å²) in [5, 5.41) is 0. The summed E-state index contributed by atoms with van der Waals surface area (Å²) in [6.45, 7) is 8.88. The molecule has 0 heterocycles. The van der Waals surface area contributed by atoms with E-state index in [4.69, 9.17) is 5.73 Å². The maximum atomic E-state index is 5.42. The fourth-order valence-electron chi connectivity index (χ4n) is 0.435. The summed E-state index contributed by atoms with van der Waals surface area (Å²) in [5.74, 6) is 0.451. The molecule has 0 amide bonds. The van der Waals surface area contributed by atoms with E-state index in [0.29, 0.717) is 5.84 Å². The quantitative estimate of drug-likeness (QED) is 0.357. The van der Waals surface area contributed by atoms with Crippen molar-refractivity contribution in [1.29, 1.82) is 0 Å². The Balaban J connectivity index is 4.24. The highest BCUT2D eigenvalue weighted by Crippen LogP contribution is 1.91. The smallest absolute Gasteiger partial charge is 0.123 e. The fraction of sp³-hybridized carbons (Fsp3) is 0.125. The van der Waals surface area contributed by atoms with Crippen LogP contribution in [0.1, 0.15) is 6.92 Å². The van der Waals surface area contributed by atoms with Crippen LogP contribution in [-0.4, -0.2) is 5.84 Å². The Bertz CT molecular complexity index is 187. The highest BCUT2D eigenvalue weighted by molar-refractivity contribution is 5.92. The summed E-state index contributed by atoms with van der Waals surface area (Å²) in [5.41, 5.74) is 6.40. The lowest BCUT2D eigenvalue weighted by Crippen LogP contribution is -2.07. The molecule has 0 spiro atoms. The predicted molar refractivity (Wildman–Crippen MR) is 45.8 cm³/mol. The Morgan fingerprint density at radius 1 is 1.50 bits per heavy atom. The number of nitrogens with zero attached hydrogens (tertiary/aromatic N) is 1. The molecule has 2 N–H and O–H groups in total. The summed E-state index contributed by atoms with van der Waals surface area (Å²) >= 11 is 0. The third-order valence-corrected chi connectivity index (χ3v) is 0.938. The van der Waals surface area contributed by atoms with E-state index in [1.807, 2.05) is 6.92 Å². The summed E-state index contributed by atoms with van der Waals surface area (Å²) in [7, 11) is 0. The first kappa shape index (κ1) is 8.69. The van der Waals surface area contributed by atoms with Gasteiger partial charge in [-0.25, -0.2) is 4.99 Å². The second-order valence-electron chi connectivity index (χ2n) is 1.83. The third-order valence-electron chi connectivity index (χ3n) is 0.938. The van der Waals surface area contributed by atoms with Gasteiger partial charge in [-0.05, 0) is 18.6 Å². The number of allylic oxidation sites excluding steroid dienone is 2. The Labute approximate surface area is 61.5 Å². The van der Waals surface area contributed by atoms with Crippen molar-refractivity contribution in [2.24, 2.45) is 10.7 Å². The average Bonchev–Trinajstić information content (AvgIpc) is 1.88. The lowest BCUT2D eigenvalue weighted by atomic mass is 10.3. The van der Waals surface area contributed by atoms with Gasteiger partial charge < -0.3 is 5.73 Å². The van der Waals surface area contributed by atoms with Gasteiger partial charge in [0.25, 0.3) is 0 Å². The predicted octanol–water partition coefficient (Wildman–Crippen LogP) is 1.62. The first-order valence-electron chi connectivity index (χ1n) is 2.95. The second kappa shape index (κ2) is 4.56. The standard InChI is InChI=1S/C8H12N2/c1-4-7(3)6-8(9)10-5-2/h4-6H,1-2H2,3H3,(H2,9,10)/b7-6+. The number of nitrogens with two attached hydrogens (primary N) is 1. The SMILES string of the molecule is C=C/N=C(N)\C=C(/C)C=C. The van der Waals surface area contributed by atoms with Gasteiger partial charge in [-0.3, -0.25) is 0 Å². The van der Waals surface area contributed by atoms with E-state index in [0.717, 1.165) is 5.57 Å².